The van der Waals surface area contributed by atoms with Crippen LogP contribution in [0, 0.1) is 0 Å². The molecule has 0 aliphatic heterocycles. The molecule has 2 heteroatoms. The second-order valence-corrected chi connectivity index (χ2v) is 4.01. The highest BCUT2D eigenvalue weighted by Crippen LogP contribution is 2.29. The zero-order valence-electron chi connectivity index (χ0n) is 9.31. The minimum Gasteiger partial charge on any atom is -0.343 e. The summed E-state index contributed by atoms with van der Waals surface area (Å²) in [5.41, 5.74) is 0.743. The smallest absolute Gasteiger partial charge is 0.217 e. The first-order valence-corrected chi connectivity index (χ1v) is 5.42. The Morgan fingerprint density at radius 1 is 1.25 bits per heavy atom. The molecule has 1 unspecified atom stereocenters. The molecule has 1 atom stereocenters. The van der Waals surface area contributed by atoms with Gasteiger partial charge in [-0.2, -0.15) is 0 Å². The molecule has 0 saturated heterocycles. The summed E-state index contributed by atoms with van der Waals surface area (Å²) in [6.45, 7) is 1.55. The maximum atomic E-state index is 11.3. The highest BCUT2D eigenvalue weighted by Gasteiger charge is 2.29. The number of allylic oxidation sites excluding steroid dienone is 2. The second-order valence-electron chi connectivity index (χ2n) is 4.01. The molecule has 0 spiro atoms. The van der Waals surface area contributed by atoms with Crippen LogP contribution in [0.15, 0.2) is 54.6 Å². The van der Waals surface area contributed by atoms with Crippen LogP contribution in [-0.4, -0.2) is 5.91 Å². The number of carbonyl (C=O) groups is 1. The van der Waals surface area contributed by atoms with Crippen LogP contribution in [0.3, 0.4) is 0 Å². The summed E-state index contributed by atoms with van der Waals surface area (Å²) in [6.07, 6.45) is 8.90. The molecule has 1 aliphatic rings. The van der Waals surface area contributed by atoms with Crippen molar-refractivity contribution >= 4 is 5.91 Å². The van der Waals surface area contributed by atoms with E-state index in [1.807, 2.05) is 48.6 Å². The molecule has 0 saturated carbocycles. The van der Waals surface area contributed by atoms with E-state index in [0.717, 1.165) is 12.0 Å². The average Bonchev–Trinajstić information content (AvgIpc) is 2.30. The number of benzene rings is 1. The molecular formula is C14H15NO. The Kier molecular flexibility index (Phi) is 2.91. The fraction of sp³-hybridized carbons (Fsp3) is 0.214. The molecule has 2 rings (SSSR count). The highest BCUT2D eigenvalue weighted by molar-refractivity contribution is 5.74. The minimum atomic E-state index is -0.373. The van der Waals surface area contributed by atoms with Crippen molar-refractivity contribution in [1.29, 1.82) is 0 Å². The van der Waals surface area contributed by atoms with Crippen LogP contribution in [-0.2, 0) is 10.3 Å². The quantitative estimate of drug-likeness (QED) is 0.803. The largest absolute Gasteiger partial charge is 0.343 e. The summed E-state index contributed by atoms with van der Waals surface area (Å²) in [7, 11) is 0. The Bertz CT molecular complexity index is 433. The van der Waals surface area contributed by atoms with Gasteiger partial charge in [0.2, 0.25) is 5.91 Å². The van der Waals surface area contributed by atoms with E-state index in [4.69, 9.17) is 0 Å². The molecule has 0 aromatic heterocycles. The van der Waals surface area contributed by atoms with Crippen molar-refractivity contribution in [2.75, 3.05) is 0 Å². The molecule has 1 aromatic rings. The third kappa shape index (κ3) is 2.06. The fourth-order valence-electron chi connectivity index (χ4n) is 2.05. The van der Waals surface area contributed by atoms with Crippen LogP contribution in [0.2, 0.25) is 0 Å². The Morgan fingerprint density at radius 2 is 2.00 bits per heavy atom. The van der Waals surface area contributed by atoms with E-state index < -0.39 is 0 Å². The number of hydrogen-bond acceptors (Lipinski definition) is 1. The first-order chi connectivity index (χ1) is 7.73. The van der Waals surface area contributed by atoms with Crippen LogP contribution in [0.1, 0.15) is 18.9 Å². The molecule has 0 heterocycles. The van der Waals surface area contributed by atoms with E-state index in [9.17, 15) is 4.79 Å². The molecule has 0 radical (unpaired) electrons. The molecule has 1 aliphatic carbocycles. The van der Waals surface area contributed by atoms with Crippen LogP contribution < -0.4 is 5.32 Å². The lowest BCUT2D eigenvalue weighted by molar-refractivity contribution is -0.120. The summed E-state index contributed by atoms with van der Waals surface area (Å²) in [6, 6.07) is 10.0. The van der Waals surface area contributed by atoms with Crippen molar-refractivity contribution in [3.63, 3.8) is 0 Å². The lowest BCUT2D eigenvalue weighted by Gasteiger charge is -2.32. The van der Waals surface area contributed by atoms with E-state index >= 15 is 0 Å². The Hall–Kier alpha value is -1.83. The van der Waals surface area contributed by atoms with Crippen LogP contribution in [0.5, 0.6) is 0 Å². The van der Waals surface area contributed by atoms with Crippen molar-refractivity contribution in [3.05, 3.63) is 60.2 Å². The normalized spacial score (nSPS) is 23.1. The van der Waals surface area contributed by atoms with Gasteiger partial charge in [0.25, 0.3) is 0 Å². The topological polar surface area (TPSA) is 29.1 Å². The molecule has 82 valence electrons. The summed E-state index contributed by atoms with van der Waals surface area (Å²) in [5, 5.41) is 3.03. The van der Waals surface area contributed by atoms with Gasteiger partial charge in [-0.1, -0.05) is 54.6 Å². The van der Waals surface area contributed by atoms with Crippen molar-refractivity contribution in [2.45, 2.75) is 18.9 Å². The maximum Gasteiger partial charge on any atom is 0.217 e. The zero-order chi connectivity index (χ0) is 11.4. The molecule has 1 N–H and O–H groups in total. The lowest BCUT2D eigenvalue weighted by atomic mass is 9.84. The van der Waals surface area contributed by atoms with Crippen LogP contribution in [0.4, 0.5) is 0 Å². The number of rotatable bonds is 2. The first kappa shape index (κ1) is 10.7. The molecule has 0 fully saturated rings. The SMILES string of the molecule is CC(=O)NC1(c2ccccc2)C=CC=CC1. The molecular weight excluding hydrogens is 198 g/mol. The van der Waals surface area contributed by atoms with Gasteiger partial charge in [0.1, 0.15) is 0 Å². The molecule has 1 amide bonds. The Morgan fingerprint density at radius 3 is 2.56 bits per heavy atom. The minimum absolute atomic E-state index is 0.0104. The van der Waals surface area contributed by atoms with Crippen molar-refractivity contribution in [2.24, 2.45) is 0 Å². The van der Waals surface area contributed by atoms with Crippen LogP contribution in [0.25, 0.3) is 0 Å². The van der Waals surface area contributed by atoms with Gasteiger partial charge in [0.15, 0.2) is 0 Å². The Balaban J connectivity index is 2.39. The van der Waals surface area contributed by atoms with Gasteiger partial charge in [0.05, 0.1) is 5.54 Å². The molecule has 16 heavy (non-hydrogen) atoms. The van der Waals surface area contributed by atoms with E-state index in [0.29, 0.717) is 0 Å². The summed E-state index contributed by atoms with van der Waals surface area (Å²) < 4.78 is 0. The third-order valence-corrected chi connectivity index (χ3v) is 2.76. The fourth-order valence-corrected chi connectivity index (χ4v) is 2.05. The van der Waals surface area contributed by atoms with E-state index in [1.54, 1.807) is 6.92 Å². The molecule has 2 nitrogen and oxygen atoms in total. The average molecular weight is 213 g/mol. The van der Waals surface area contributed by atoms with Crippen molar-refractivity contribution < 1.29 is 4.79 Å². The van der Waals surface area contributed by atoms with Gasteiger partial charge in [-0.15, -0.1) is 0 Å². The van der Waals surface area contributed by atoms with E-state index in [-0.39, 0.29) is 11.4 Å². The number of nitrogens with one attached hydrogen (secondary N) is 1. The lowest BCUT2D eigenvalue weighted by Crippen LogP contribution is -2.43. The van der Waals surface area contributed by atoms with Crippen molar-refractivity contribution in [3.8, 4) is 0 Å². The second kappa shape index (κ2) is 4.35. The zero-order valence-corrected chi connectivity index (χ0v) is 9.31. The van der Waals surface area contributed by atoms with Crippen LogP contribution >= 0.6 is 0 Å². The predicted molar refractivity (Wildman–Crippen MR) is 64.8 cm³/mol. The standard InChI is InChI=1S/C14H15NO/c1-12(16)15-14(10-6-3-7-11-14)13-8-4-2-5-9-13/h2-10H,11H2,1H3,(H,15,16). The summed E-state index contributed by atoms with van der Waals surface area (Å²) >= 11 is 0. The summed E-state index contributed by atoms with van der Waals surface area (Å²) in [4.78, 5) is 11.3. The number of hydrogen-bond donors (Lipinski definition) is 1. The van der Waals surface area contributed by atoms with Crippen molar-refractivity contribution in [1.82, 2.24) is 5.32 Å². The molecule has 0 bridgehead atoms. The van der Waals surface area contributed by atoms with Gasteiger partial charge in [-0.05, 0) is 12.0 Å². The number of amides is 1. The van der Waals surface area contributed by atoms with E-state index in [2.05, 4.69) is 11.4 Å². The third-order valence-electron chi connectivity index (χ3n) is 2.76. The first-order valence-electron chi connectivity index (χ1n) is 5.42. The summed E-state index contributed by atoms with van der Waals surface area (Å²) in [5.74, 6) is -0.0104. The van der Waals surface area contributed by atoms with E-state index in [1.165, 1.54) is 0 Å². The van der Waals surface area contributed by atoms with Gasteiger partial charge >= 0.3 is 0 Å². The monoisotopic (exact) mass is 213 g/mol. The Labute approximate surface area is 95.7 Å². The number of carbonyl (C=O) groups excluding carboxylic acids is 1. The van der Waals surface area contributed by atoms with Gasteiger partial charge in [-0.25, -0.2) is 0 Å². The predicted octanol–water partition coefficient (Wildman–Crippen LogP) is 2.53. The van der Waals surface area contributed by atoms with Gasteiger partial charge < -0.3 is 5.32 Å². The molecule has 1 aromatic carbocycles. The maximum absolute atomic E-state index is 11.3. The van der Waals surface area contributed by atoms with Gasteiger partial charge in [0, 0.05) is 6.92 Å². The highest BCUT2D eigenvalue weighted by atomic mass is 16.1. The van der Waals surface area contributed by atoms with Gasteiger partial charge in [-0.3, -0.25) is 4.79 Å².